The maximum absolute atomic E-state index is 12.9. The Morgan fingerprint density at radius 2 is 1.83 bits per heavy atom. The smallest absolute Gasteiger partial charge is 0.272 e. The Bertz CT molecular complexity index is 1270. The highest BCUT2D eigenvalue weighted by atomic mass is 79.9. The van der Waals surface area contributed by atoms with Crippen LogP contribution in [0, 0.1) is 6.92 Å². The normalized spacial score (nSPS) is 11.1. The van der Waals surface area contributed by atoms with Gasteiger partial charge in [-0.25, -0.2) is 10.4 Å². The van der Waals surface area contributed by atoms with Crippen LogP contribution in [0.25, 0.3) is 22.2 Å². The monoisotopic (exact) mass is 459 g/mol. The average Bonchev–Trinajstić information content (AvgIpc) is 2.75. The van der Waals surface area contributed by atoms with Gasteiger partial charge in [0.15, 0.2) is 0 Å². The summed E-state index contributed by atoms with van der Waals surface area (Å²) in [6.45, 7) is 2.03. The van der Waals surface area contributed by atoms with Crippen molar-refractivity contribution in [3.05, 3.63) is 94.0 Å². The molecule has 0 fully saturated rings. The van der Waals surface area contributed by atoms with E-state index in [-0.39, 0.29) is 11.7 Å². The molecule has 0 saturated carbocycles. The molecule has 0 radical (unpaired) electrons. The molecule has 1 aromatic heterocycles. The fourth-order valence-electron chi connectivity index (χ4n) is 3.09. The molecule has 0 aliphatic heterocycles. The molecule has 4 aromatic rings. The first kappa shape index (κ1) is 19.8. The highest BCUT2D eigenvalue weighted by Crippen LogP contribution is 2.25. The zero-order valence-corrected chi connectivity index (χ0v) is 17.7. The highest BCUT2D eigenvalue weighted by molar-refractivity contribution is 9.10. The Hall–Kier alpha value is -3.51. The molecule has 0 atom stereocenters. The van der Waals surface area contributed by atoms with Crippen molar-refractivity contribution < 1.29 is 9.90 Å². The molecule has 30 heavy (non-hydrogen) atoms. The van der Waals surface area contributed by atoms with E-state index in [1.54, 1.807) is 24.3 Å². The molecular weight excluding hydrogens is 442 g/mol. The number of amides is 1. The van der Waals surface area contributed by atoms with E-state index in [1.807, 2.05) is 55.5 Å². The van der Waals surface area contributed by atoms with Crippen molar-refractivity contribution in [2.24, 2.45) is 5.10 Å². The number of carbonyl (C=O) groups excluding carboxylic acids is 1. The van der Waals surface area contributed by atoms with Gasteiger partial charge in [-0.15, -0.1) is 0 Å². The highest BCUT2D eigenvalue weighted by Gasteiger charge is 2.13. The quantitative estimate of drug-likeness (QED) is 0.315. The second-order valence-corrected chi connectivity index (χ2v) is 7.70. The number of phenols is 1. The van der Waals surface area contributed by atoms with Crippen LogP contribution >= 0.6 is 15.9 Å². The molecule has 1 heterocycles. The molecule has 148 valence electrons. The van der Waals surface area contributed by atoms with Crippen molar-refractivity contribution in [2.75, 3.05) is 0 Å². The number of aromatic nitrogens is 1. The van der Waals surface area contributed by atoms with Crippen LogP contribution in [0.1, 0.15) is 21.5 Å². The predicted octanol–water partition coefficient (Wildman–Crippen LogP) is 5.44. The predicted molar refractivity (Wildman–Crippen MR) is 123 cm³/mol. The summed E-state index contributed by atoms with van der Waals surface area (Å²) < 4.78 is 0.759. The number of rotatable bonds is 4. The lowest BCUT2D eigenvalue weighted by atomic mass is 10.0. The Morgan fingerprint density at radius 3 is 2.63 bits per heavy atom. The van der Waals surface area contributed by atoms with Crippen LogP contribution in [0.4, 0.5) is 0 Å². The van der Waals surface area contributed by atoms with Gasteiger partial charge in [-0.05, 0) is 37.3 Å². The summed E-state index contributed by atoms with van der Waals surface area (Å²) in [6.07, 6.45) is 1.48. The summed E-state index contributed by atoms with van der Waals surface area (Å²) in [5, 5.41) is 14.4. The number of halogens is 1. The van der Waals surface area contributed by atoms with Crippen LogP contribution < -0.4 is 5.43 Å². The first-order valence-corrected chi connectivity index (χ1v) is 10.1. The lowest BCUT2D eigenvalue weighted by Crippen LogP contribution is -2.18. The van der Waals surface area contributed by atoms with Crippen molar-refractivity contribution >= 4 is 39.0 Å². The first-order chi connectivity index (χ1) is 14.5. The maximum Gasteiger partial charge on any atom is 0.272 e. The minimum atomic E-state index is -0.338. The molecule has 0 spiro atoms. The number of hydrogen-bond acceptors (Lipinski definition) is 4. The molecule has 4 rings (SSSR count). The number of nitrogens with one attached hydrogen (secondary N) is 1. The fraction of sp³-hybridized carbons (Fsp3) is 0.0417. The Morgan fingerprint density at radius 1 is 1.07 bits per heavy atom. The summed E-state index contributed by atoms with van der Waals surface area (Å²) in [5.74, 6) is -0.219. The molecule has 0 bridgehead atoms. The molecule has 1 amide bonds. The van der Waals surface area contributed by atoms with Crippen LogP contribution in [0.15, 0.2) is 82.4 Å². The van der Waals surface area contributed by atoms with Crippen molar-refractivity contribution in [1.29, 1.82) is 0 Å². The topological polar surface area (TPSA) is 74.6 Å². The van der Waals surface area contributed by atoms with Gasteiger partial charge in [-0.1, -0.05) is 64.0 Å². The molecule has 0 aliphatic carbocycles. The van der Waals surface area contributed by atoms with Crippen molar-refractivity contribution in [1.82, 2.24) is 10.4 Å². The zero-order valence-electron chi connectivity index (χ0n) is 16.1. The Kier molecular flexibility index (Phi) is 5.59. The number of hydrazone groups is 1. The number of para-hydroxylation sites is 1. The summed E-state index contributed by atoms with van der Waals surface area (Å²) in [7, 11) is 0. The molecule has 0 aliphatic rings. The minimum absolute atomic E-state index is 0.119. The van der Waals surface area contributed by atoms with Gasteiger partial charge in [0.05, 0.1) is 23.0 Å². The molecule has 2 N–H and O–H groups in total. The second-order valence-electron chi connectivity index (χ2n) is 6.84. The van der Waals surface area contributed by atoms with Gasteiger partial charge in [0.25, 0.3) is 5.91 Å². The van der Waals surface area contributed by atoms with E-state index in [2.05, 4.69) is 26.5 Å². The van der Waals surface area contributed by atoms with Gasteiger partial charge < -0.3 is 5.11 Å². The van der Waals surface area contributed by atoms with Gasteiger partial charge in [-0.2, -0.15) is 5.10 Å². The van der Waals surface area contributed by atoms with E-state index in [1.165, 1.54) is 6.21 Å². The van der Waals surface area contributed by atoms with Gasteiger partial charge in [0.1, 0.15) is 5.75 Å². The number of hydrogen-bond donors (Lipinski definition) is 2. The van der Waals surface area contributed by atoms with Gasteiger partial charge >= 0.3 is 0 Å². The maximum atomic E-state index is 12.9. The summed E-state index contributed by atoms with van der Waals surface area (Å²) in [5.41, 5.74) is 7.26. The SMILES string of the molecule is Cc1ccc(-c2cc(C(=O)NN=Cc3cc(O)ccc3Br)c3ccccc3n2)cc1. The van der Waals surface area contributed by atoms with Crippen LogP contribution in [-0.2, 0) is 0 Å². The third kappa shape index (κ3) is 4.23. The number of aryl methyl sites for hydroxylation is 1. The van der Waals surface area contributed by atoms with Crippen LogP contribution in [0.2, 0.25) is 0 Å². The van der Waals surface area contributed by atoms with E-state index in [0.29, 0.717) is 11.1 Å². The number of pyridine rings is 1. The zero-order chi connectivity index (χ0) is 21.1. The summed E-state index contributed by atoms with van der Waals surface area (Å²) >= 11 is 3.39. The fourth-order valence-corrected chi connectivity index (χ4v) is 3.44. The van der Waals surface area contributed by atoms with Gasteiger partial charge in [-0.3, -0.25) is 4.79 Å². The standard InChI is InChI=1S/C24H18BrN3O2/c1-15-6-8-16(9-7-15)23-13-20(19-4-2-3-5-22(19)27-23)24(30)28-26-14-17-12-18(29)10-11-21(17)25/h2-14,29H,1H3,(H,28,30). The molecule has 3 aromatic carbocycles. The van der Waals surface area contributed by atoms with Crippen LogP contribution in [0.3, 0.4) is 0 Å². The van der Waals surface area contributed by atoms with E-state index in [9.17, 15) is 9.90 Å². The Labute approximate surface area is 182 Å². The number of carbonyl (C=O) groups is 1. The lowest BCUT2D eigenvalue weighted by Gasteiger charge is -2.09. The number of benzene rings is 3. The summed E-state index contributed by atoms with van der Waals surface area (Å²) in [6, 6.07) is 22.2. The van der Waals surface area contributed by atoms with Crippen LogP contribution in [-0.4, -0.2) is 22.2 Å². The number of phenolic OH excluding ortho intramolecular Hbond substituents is 1. The van der Waals surface area contributed by atoms with Crippen molar-refractivity contribution in [2.45, 2.75) is 6.92 Å². The summed E-state index contributed by atoms with van der Waals surface area (Å²) in [4.78, 5) is 17.6. The van der Waals surface area contributed by atoms with E-state index < -0.39 is 0 Å². The van der Waals surface area contributed by atoms with E-state index >= 15 is 0 Å². The van der Waals surface area contributed by atoms with Crippen molar-refractivity contribution in [3.63, 3.8) is 0 Å². The minimum Gasteiger partial charge on any atom is -0.508 e. The number of aromatic hydroxyl groups is 1. The van der Waals surface area contributed by atoms with E-state index in [0.717, 1.165) is 32.2 Å². The Balaban J connectivity index is 1.68. The number of fused-ring (bicyclic) bond motifs is 1. The third-order valence-electron chi connectivity index (χ3n) is 4.66. The second kappa shape index (κ2) is 8.47. The molecule has 5 nitrogen and oxygen atoms in total. The molecule has 6 heteroatoms. The number of nitrogens with zero attached hydrogens (tertiary/aromatic N) is 2. The van der Waals surface area contributed by atoms with E-state index in [4.69, 9.17) is 4.98 Å². The van der Waals surface area contributed by atoms with Crippen LogP contribution in [0.5, 0.6) is 5.75 Å². The van der Waals surface area contributed by atoms with Crippen molar-refractivity contribution in [3.8, 4) is 17.0 Å². The average molecular weight is 460 g/mol. The molecule has 0 unspecified atom stereocenters. The first-order valence-electron chi connectivity index (χ1n) is 9.30. The van der Waals surface area contributed by atoms with Gasteiger partial charge in [0.2, 0.25) is 0 Å². The molecular formula is C24H18BrN3O2. The largest absolute Gasteiger partial charge is 0.508 e. The third-order valence-corrected chi connectivity index (χ3v) is 5.38. The lowest BCUT2D eigenvalue weighted by molar-refractivity contribution is 0.0956. The molecule has 0 saturated heterocycles. The van der Waals surface area contributed by atoms with Gasteiger partial charge in [0, 0.05) is 21.0 Å².